The highest BCUT2D eigenvalue weighted by Gasteiger charge is 2.29. The van der Waals surface area contributed by atoms with E-state index in [2.05, 4.69) is 22.8 Å². The third-order valence-electron chi connectivity index (χ3n) is 7.02. The number of ether oxygens (including phenoxy) is 1. The Labute approximate surface area is 247 Å². The van der Waals surface area contributed by atoms with Gasteiger partial charge in [0.05, 0.1) is 25.0 Å². The molecule has 3 aromatic carbocycles. The summed E-state index contributed by atoms with van der Waals surface area (Å²) < 4.78 is 5.36. The maximum Gasteiger partial charge on any atom is 0.318 e. The van der Waals surface area contributed by atoms with E-state index in [0.717, 1.165) is 29.7 Å². The van der Waals surface area contributed by atoms with E-state index in [9.17, 15) is 14.4 Å². The number of carbonyl (C=O) groups excluding carboxylic acids is 3. The van der Waals surface area contributed by atoms with Gasteiger partial charge in [-0.1, -0.05) is 91.0 Å². The zero-order valence-electron chi connectivity index (χ0n) is 23.4. The molecule has 1 saturated heterocycles. The fourth-order valence-electron chi connectivity index (χ4n) is 4.73. The molecule has 0 aromatic heterocycles. The summed E-state index contributed by atoms with van der Waals surface area (Å²) in [6, 6.07) is 27.8. The van der Waals surface area contributed by atoms with Crippen molar-refractivity contribution in [2.75, 3.05) is 37.8 Å². The van der Waals surface area contributed by atoms with Crippen LogP contribution in [0.4, 0.5) is 4.79 Å². The zero-order chi connectivity index (χ0) is 28.7. The van der Waals surface area contributed by atoms with Crippen LogP contribution in [0.25, 0.3) is 0 Å². The second kappa shape index (κ2) is 16.6. The minimum atomic E-state index is -0.822. The molecule has 0 radical (unpaired) electrons. The molecule has 216 valence electrons. The van der Waals surface area contributed by atoms with Crippen LogP contribution in [0.1, 0.15) is 23.1 Å². The van der Waals surface area contributed by atoms with Crippen molar-refractivity contribution in [2.45, 2.75) is 37.8 Å². The fourth-order valence-corrected chi connectivity index (χ4v) is 5.62. The number of benzene rings is 3. The van der Waals surface area contributed by atoms with Gasteiger partial charge in [-0.3, -0.25) is 9.59 Å². The van der Waals surface area contributed by atoms with Gasteiger partial charge in [-0.05, 0) is 41.7 Å². The molecule has 0 unspecified atom stereocenters. The first kappa shape index (κ1) is 30.3. The van der Waals surface area contributed by atoms with Gasteiger partial charge in [0.15, 0.2) is 5.78 Å². The topological polar surface area (TPSA) is 87.7 Å². The number of nitrogens with zero attached hydrogens (tertiary/aromatic N) is 1. The predicted molar refractivity (Wildman–Crippen MR) is 164 cm³/mol. The highest BCUT2D eigenvalue weighted by Crippen LogP contribution is 2.13. The van der Waals surface area contributed by atoms with E-state index in [1.54, 1.807) is 16.7 Å². The maximum atomic E-state index is 13.7. The predicted octanol–water partition coefficient (Wildman–Crippen LogP) is 4.30. The molecule has 3 amide bonds. The van der Waals surface area contributed by atoms with E-state index < -0.39 is 12.1 Å². The number of hydrogen-bond acceptors (Lipinski definition) is 5. The van der Waals surface area contributed by atoms with Crippen LogP contribution in [-0.2, 0) is 33.6 Å². The van der Waals surface area contributed by atoms with Gasteiger partial charge in [0.25, 0.3) is 0 Å². The van der Waals surface area contributed by atoms with Crippen LogP contribution in [0.15, 0.2) is 91.0 Å². The molecule has 2 N–H and O–H groups in total. The van der Waals surface area contributed by atoms with Gasteiger partial charge in [0, 0.05) is 19.5 Å². The molecule has 1 heterocycles. The van der Waals surface area contributed by atoms with Crippen molar-refractivity contribution in [3.63, 3.8) is 0 Å². The van der Waals surface area contributed by atoms with Crippen molar-refractivity contribution in [3.05, 3.63) is 108 Å². The normalized spacial score (nSPS) is 14.6. The molecule has 1 aliphatic rings. The van der Waals surface area contributed by atoms with Gasteiger partial charge in [0.2, 0.25) is 5.91 Å². The minimum Gasteiger partial charge on any atom is -0.378 e. The molecule has 3 aromatic rings. The number of amides is 3. The minimum absolute atomic E-state index is 0.0233. The van der Waals surface area contributed by atoms with Crippen molar-refractivity contribution in [2.24, 2.45) is 0 Å². The summed E-state index contributed by atoms with van der Waals surface area (Å²) in [5.74, 6) is 0.790. The van der Waals surface area contributed by atoms with E-state index in [4.69, 9.17) is 4.74 Å². The number of aryl methyl sites for hydroxylation is 1. The van der Waals surface area contributed by atoms with Gasteiger partial charge >= 0.3 is 6.03 Å². The van der Waals surface area contributed by atoms with E-state index in [1.807, 2.05) is 78.9 Å². The van der Waals surface area contributed by atoms with Crippen molar-refractivity contribution in [1.82, 2.24) is 15.5 Å². The lowest BCUT2D eigenvalue weighted by Gasteiger charge is -2.29. The number of thioether (sulfide) groups is 1. The SMILES string of the molecule is O=C(CSCCCc1ccccc1)[C@H](Cc1ccccc1)NC(=O)[C@H](Cc1ccccc1)NC(=O)N1CCOCC1. The molecule has 1 aliphatic heterocycles. The summed E-state index contributed by atoms with van der Waals surface area (Å²) in [5.41, 5.74) is 3.18. The Morgan fingerprint density at radius 3 is 1.85 bits per heavy atom. The molecule has 4 rings (SSSR count). The standard InChI is InChI=1S/C33H39N3O4S/c37-31(25-41-22-10-17-26-11-4-1-5-12-26)29(23-27-13-6-2-7-14-27)34-32(38)30(24-28-15-8-3-9-16-28)35-33(39)36-18-20-40-21-19-36/h1-9,11-16,29-30H,10,17-25H2,(H,34,38)(H,35,39)/t29-,30-/m0/s1. The molecule has 2 atom stereocenters. The number of carbonyl (C=O) groups is 3. The maximum absolute atomic E-state index is 13.7. The highest BCUT2D eigenvalue weighted by atomic mass is 32.2. The number of rotatable bonds is 14. The van der Waals surface area contributed by atoms with E-state index in [-0.39, 0.29) is 17.7 Å². The van der Waals surface area contributed by atoms with Crippen LogP contribution in [-0.4, -0.2) is 72.5 Å². The summed E-state index contributed by atoms with van der Waals surface area (Å²) >= 11 is 1.60. The number of nitrogens with one attached hydrogen (secondary N) is 2. The largest absolute Gasteiger partial charge is 0.378 e. The van der Waals surface area contributed by atoms with Crippen molar-refractivity contribution in [1.29, 1.82) is 0 Å². The molecule has 0 spiro atoms. The average Bonchev–Trinajstić information content (AvgIpc) is 3.02. The Morgan fingerprint density at radius 1 is 0.732 bits per heavy atom. The molecule has 7 nitrogen and oxygen atoms in total. The summed E-state index contributed by atoms with van der Waals surface area (Å²) in [6.07, 6.45) is 2.66. The Hall–Kier alpha value is -3.62. The molecular weight excluding hydrogens is 534 g/mol. The van der Waals surface area contributed by atoms with Crippen LogP contribution in [0, 0.1) is 0 Å². The quantitative estimate of drug-likeness (QED) is 0.281. The summed E-state index contributed by atoms with van der Waals surface area (Å²) in [5, 5.41) is 5.92. The smallest absolute Gasteiger partial charge is 0.318 e. The van der Waals surface area contributed by atoms with Gasteiger partial charge in [-0.2, -0.15) is 11.8 Å². The third-order valence-corrected chi connectivity index (χ3v) is 8.09. The van der Waals surface area contributed by atoms with Crippen molar-refractivity contribution >= 4 is 29.5 Å². The van der Waals surface area contributed by atoms with Gasteiger partial charge < -0.3 is 20.3 Å². The van der Waals surface area contributed by atoms with Crippen LogP contribution in [0.3, 0.4) is 0 Å². The molecule has 0 aliphatic carbocycles. The number of urea groups is 1. The zero-order valence-corrected chi connectivity index (χ0v) is 24.2. The lowest BCUT2D eigenvalue weighted by atomic mass is 10.0. The first-order valence-corrected chi connectivity index (χ1v) is 15.4. The fraction of sp³-hybridized carbons (Fsp3) is 0.364. The second-order valence-corrected chi connectivity index (χ2v) is 11.3. The van der Waals surface area contributed by atoms with Gasteiger partial charge in [-0.15, -0.1) is 0 Å². The Balaban J connectivity index is 1.40. The average molecular weight is 574 g/mol. The molecule has 0 bridgehead atoms. The Bertz CT molecular complexity index is 1220. The number of morpholine rings is 1. The van der Waals surface area contributed by atoms with Gasteiger partial charge in [-0.25, -0.2) is 4.79 Å². The summed E-state index contributed by atoms with van der Waals surface area (Å²) in [4.78, 5) is 41.8. The molecular formula is C33H39N3O4S. The van der Waals surface area contributed by atoms with Crippen LogP contribution < -0.4 is 10.6 Å². The van der Waals surface area contributed by atoms with Crippen LogP contribution in [0.2, 0.25) is 0 Å². The molecule has 8 heteroatoms. The van der Waals surface area contributed by atoms with Crippen LogP contribution in [0.5, 0.6) is 0 Å². The third kappa shape index (κ3) is 10.4. The monoisotopic (exact) mass is 573 g/mol. The summed E-state index contributed by atoms with van der Waals surface area (Å²) in [6.45, 7) is 1.89. The lowest BCUT2D eigenvalue weighted by Crippen LogP contribution is -2.56. The van der Waals surface area contributed by atoms with Crippen molar-refractivity contribution < 1.29 is 19.1 Å². The number of hydrogen-bond donors (Lipinski definition) is 2. The van der Waals surface area contributed by atoms with Crippen molar-refractivity contribution in [3.8, 4) is 0 Å². The first-order chi connectivity index (χ1) is 20.1. The summed E-state index contributed by atoms with van der Waals surface area (Å²) in [7, 11) is 0. The number of ketones is 1. The second-order valence-electron chi connectivity index (χ2n) is 10.2. The molecule has 1 fully saturated rings. The lowest BCUT2D eigenvalue weighted by molar-refractivity contribution is -0.127. The number of Topliss-reactive ketones (excluding diaryl/α,β-unsaturated/α-hetero) is 1. The van der Waals surface area contributed by atoms with E-state index >= 15 is 0 Å². The van der Waals surface area contributed by atoms with Gasteiger partial charge in [0.1, 0.15) is 6.04 Å². The highest BCUT2D eigenvalue weighted by molar-refractivity contribution is 7.99. The molecule has 41 heavy (non-hydrogen) atoms. The van der Waals surface area contributed by atoms with E-state index in [1.165, 1.54) is 5.56 Å². The Morgan fingerprint density at radius 2 is 1.27 bits per heavy atom. The molecule has 0 saturated carbocycles. The van der Waals surface area contributed by atoms with Crippen LogP contribution >= 0.6 is 11.8 Å². The Kier molecular flexibility index (Phi) is 12.3. The van der Waals surface area contributed by atoms with E-state index in [0.29, 0.717) is 44.9 Å². The first-order valence-electron chi connectivity index (χ1n) is 14.2.